The lowest BCUT2D eigenvalue weighted by atomic mass is 10.0. The van der Waals surface area contributed by atoms with Crippen molar-refractivity contribution >= 4 is 0 Å². The van der Waals surface area contributed by atoms with E-state index < -0.39 is 0 Å². The molecule has 2 heterocycles. The highest BCUT2D eigenvalue weighted by molar-refractivity contribution is 5.13. The van der Waals surface area contributed by atoms with E-state index in [9.17, 15) is 5.11 Å². The van der Waals surface area contributed by atoms with Crippen LogP contribution in [-0.2, 0) is 19.4 Å². The number of pyridine rings is 1. The molecule has 0 aromatic carbocycles. The molecule has 0 fully saturated rings. The van der Waals surface area contributed by atoms with Crippen molar-refractivity contribution in [3.63, 3.8) is 0 Å². The van der Waals surface area contributed by atoms with Gasteiger partial charge in [-0.3, -0.25) is 9.67 Å². The molecule has 0 aliphatic heterocycles. The molecule has 0 radical (unpaired) electrons. The zero-order valence-corrected chi connectivity index (χ0v) is 9.95. The van der Waals surface area contributed by atoms with Crippen LogP contribution in [0.1, 0.15) is 18.1 Å². The second kappa shape index (κ2) is 5.59. The number of aliphatic hydroxyl groups excluding tert-OH is 1. The molecule has 90 valence electrons. The molecule has 1 atom stereocenters. The smallest absolute Gasteiger partial charge is 0.0622 e. The highest BCUT2D eigenvalue weighted by atomic mass is 16.3. The van der Waals surface area contributed by atoms with E-state index in [1.54, 1.807) is 12.4 Å². The third kappa shape index (κ3) is 3.39. The van der Waals surface area contributed by atoms with Crippen LogP contribution in [0, 0.1) is 0 Å². The van der Waals surface area contributed by atoms with Gasteiger partial charge >= 0.3 is 0 Å². The third-order valence-corrected chi connectivity index (χ3v) is 2.70. The molecule has 2 aromatic heterocycles. The second-order valence-corrected chi connectivity index (χ2v) is 4.12. The van der Waals surface area contributed by atoms with Crippen LogP contribution in [0.2, 0.25) is 0 Å². The van der Waals surface area contributed by atoms with Gasteiger partial charge in [-0.1, -0.05) is 0 Å². The maximum atomic E-state index is 9.98. The molecule has 1 unspecified atom stereocenters. The van der Waals surface area contributed by atoms with E-state index in [1.807, 2.05) is 36.1 Å². The Balaban J connectivity index is 1.91. The summed E-state index contributed by atoms with van der Waals surface area (Å²) in [4.78, 5) is 3.96. The molecule has 4 nitrogen and oxygen atoms in total. The monoisotopic (exact) mass is 231 g/mol. The normalized spacial score (nSPS) is 12.6. The van der Waals surface area contributed by atoms with Crippen molar-refractivity contribution in [3.8, 4) is 0 Å². The number of nitrogens with zero attached hydrogens (tertiary/aromatic N) is 3. The zero-order valence-electron chi connectivity index (χ0n) is 9.95. The van der Waals surface area contributed by atoms with Crippen LogP contribution in [0.5, 0.6) is 0 Å². The van der Waals surface area contributed by atoms with Crippen LogP contribution in [0.25, 0.3) is 0 Å². The Morgan fingerprint density at radius 3 is 2.59 bits per heavy atom. The van der Waals surface area contributed by atoms with Gasteiger partial charge in [-0.2, -0.15) is 5.10 Å². The average Bonchev–Trinajstić information content (AvgIpc) is 2.78. The van der Waals surface area contributed by atoms with Crippen LogP contribution < -0.4 is 0 Å². The lowest BCUT2D eigenvalue weighted by Crippen LogP contribution is -2.13. The highest BCUT2D eigenvalue weighted by Crippen LogP contribution is 2.08. The van der Waals surface area contributed by atoms with E-state index >= 15 is 0 Å². The highest BCUT2D eigenvalue weighted by Gasteiger charge is 2.08. The first-order valence-corrected chi connectivity index (χ1v) is 5.86. The summed E-state index contributed by atoms with van der Waals surface area (Å²) in [6, 6.07) is 3.86. The fraction of sp³-hybridized carbons (Fsp3) is 0.385. The SMILES string of the molecule is CCn1cc(CC(O)Cc2ccncc2)cn1. The first kappa shape index (κ1) is 11.8. The van der Waals surface area contributed by atoms with E-state index in [0.29, 0.717) is 12.8 Å². The Morgan fingerprint density at radius 1 is 1.24 bits per heavy atom. The van der Waals surface area contributed by atoms with Gasteiger partial charge in [0.25, 0.3) is 0 Å². The lowest BCUT2D eigenvalue weighted by molar-refractivity contribution is 0.175. The fourth-order valence-corrected chi connectivity index (χ4v) is 1.82. The average molecular weight is 231 g/mol. The molecule has 2 rings (SSSR count). The molecule has 0 amide bonds. The fourth-order valence-electron chi connectivity index (χ4n) is 1.82. The summed E-state index contributed by atoms with van der Waals surface area (Å²) < 4.78 is 1.87. The van der Waals surface area contributed by atoms with Gasteiger partial charge in [-0.05, 0) is 36.6 Å². The van der Waals surface area contributed by atoms with E-state index in [-0.39, 0.29) is 6.10 Å². The van der Waals surface area contributed by atoms with Crippen molar-refractivity contribution in [2.24, 2.45) is 0 Å². The van der Waals surface area contributed by atoms with Gasteiger partial charge < -0.3 is 5.11 Å². The number of aliphatic hydroxyl groups is 1. The van der Waals surface area contributed by atoms with Crippen LogP contribution >= 0.6 is 0 Å². The largest absolute Gasteiger partial charge is 0.392 e. The van der Waals surface area contributed by atoms with E-state index in [2.05, 4.69) is 10.1 Å². The minimum Gasteiger partial charge on any atom is -0.392 e. The summed E-state index contributed by atoms with van der Waals surface area (Å²) in [7, 11) is 0. The summed E-state index contributed by atoms with van der Waals surface area (Å²) in [6.07, 6.45) is 8.22. The van der Waals surface area contributed by atoms with Gasteiger partial charge in [0.05, 0.1) is 12.3 Å². The minimum absolute atomic E-state index is 0.369. The summed E-state index contributed by atoms with van der Waals surface area (Å²) in [5, 5.41) is 14.2. The quantitative estimate of drug-likeness (QED) is 0.847. The molecule has 4 heteroatoms. The minimum atomic E-state index is -0.369. The number of aromatic nitrogens is 3. The molecule has 0 aliphatic rings. The Kier molecular flexibility index (Phi) is 3.88. The molecular weight excluding hydrogens is 214 g/mol. The predicted octanol–water partition coefficient (Wildman–Crippen LogP) is 1.44. The maximum absolute atomic E-state index is 9.98. The third-order valence-electron chi connectivity index (χ3n) is 2.70. The Hall–Kier alpha value is -1.68. The van der Waals surface area contributed by atoms with E-state index in [1.165, 1.54) is 0 Å². The molecule has 0 saturated carbocycles. The van der Waals surface area contributed by atoms with Crippen molar-refractivity contribution in [2.45, 2.75) is 32.4 Å². The van der Waals surface area contributed by atoms with Crippen molar-refractivity contribution in [3.05, 3.63) is 48.0 Å². The molecule has 2 aromatic rings. The van der Waals surface area contributed by atoms with Crippen molar-refractivity contribution < 1.29 is 5.11 Å². The van der Waals surface area contributed by atoms with E-state index in [0.717, 1.165) is 17.7 Å². The molecular formula is C13H17N3O. The summed E-state index contributed by atoms with van der Waals surface area (Å²) in [6.45, 7) is 2.91. The van der Waals surface area contributed by atoms with Gasteiger partial charge in [0, 0.05) is 31.6 Å². The first-order valence-electron chi connectivity index (χ1n) is 5.86. The molecule has 0 saturated heterocycles. The molecule has 0 aliphatic carbocycles. The van der Waals surface area contributed by atoms with Crippen molar-refractivity contribution in [1.82, 2.24) is 14.8 Å². The van der Waals surface area contributed by atoms with Gasteiger partial charge in [0.15, 0.2) is 0 Å². The van der Waals surface area contributed by atoms with Crippen LogP contribution in [-0.4, -0.2) is 26.0 Å². The maximum Gasteiger partial charge on any atom is 0.0622 e. The zero-order chi connectivity index (χ0) is 12.1. The van der Waals surface area contributed by atoms with Crippen LogP contribution in [0.3, 0.4) is 0 Å². The van der Waals surface area contributed by atoms with Gasteiger partial charge in [0.1, 0.15) is 0 Å². The lowest BCUT2D eigenvalue weighted by Gasteiger charge is -2.08. The van der Waals surface area contributed by atoms with Gasteiger partial charge in [0.2, 0.25) is 0 Å². The van der Waals surface area contributed by atoms with Gasteiger partial charge in [-0.25, -0.2) is 0 Å². The van der Waals surface area contributed by atoms with Crippen LogP contribution in [0.4, 0.5) is 0 Å². The van der Waals surface area contributed by atoms with E-state index in [4.69, 9.17) is 0 Å². The summed E-state index contributed by atoms with van der Waals surface area (Å²) >= 11 is 0. The number of hydrogen-bond donors (Lipinski definition) is 1. The first-order chi connectivity index (χ1) is 8.28. The second-order valence-electron chi connectivity index (χ2n) is 4.12. The Labute approximate surface area is 101 Å². The summed E-state index contributed by atoms with van der Waals surface area (Å²) in [5.41, 5.74) is 2.18. The number of hydrogen-bond acceptors (Lipinski definition) is 3. The van der Waals surface area contributed by atoms with Gasteiger partial charge in [-0.15, -0.1) is 0 Å². The molecule has 1 N–H and O–H groups in total. The Morgan fingerprint density at radius 2 is 1.94 bits per heavy atom. The number of rotatable bonds is 5. The van der Waals surface area contributed by atoms with Crippen LogP contribution in [0.15, 0.2) is 36.9 Å². The standard InChI is InChI=1S/C13H17N3O/c1-2-16-10-12(9-15-16)8-13(17)7-11-3-5-14-6-4-11/h3-6,9-10,13,17H,2,7-8H2,1H3. The predicted molar refractivity (Wildman–Crippen MR) is 65.6 cm³/mol. The van der Waals surface area contributed by atoms with Crippen molar-refractivity contribution in [1.29, 1.82) is 0 Å². The summed E-state index contributed by atoms with van der Waals surface area (Å²) in [5.74, 6) is 0. The molecule has 17 heavy (non-hydrogen) atoms. The topological polar surface area (TPSA) is 50.9 Å². The molecule has 0 bridgehead atoms. The Bertz CT molecular complexity index is 453. The molecule has 0 spiro atoms. The van der Waals surface area contributed by atoms with Crippen molar-refractivity contribution in [2.75, 3.05) is 0 Å². The number of aryl methyl sites for hydroxylation is 1.